The minimum absolute atomic E-state index is 0.201. The standard InChI is InChI=1S/C26H27Br2ClN2OS/c27-20-12-19-2-1-18-13-21(29)14-22(28)24(18)25(26(19)30-15-20)17-3-7-31(8-4-17)23(32)11-16-5-9-33-10-6-16/h11-15,17,25H,1-10H2/t25-/m1/s1. The van der Waals surface area contributed by atoms with Crippen LogP contribution in [0.1, 0.15) is 54.0 Å². The lowest BCUT2D eigenvalue weighted by molar-refractivity contribution is -0.127. The molecule has 0 bridgehead atoms. The molecule has 1 atom stereocenters. The Labute approximate surface area is 222 Å². The average molecular weight is 611 g/mol. The number of piperidine rings is 1. The number of benzene rings is 1. The van der Waals surface area contributed by atoms with Gasteiger partial charge in [-0.2, -0.15) is 11.8 Å². The van der Waals surface area contributed by atoms with Gasteiger partial charge in [-0.1, -0.05) is 33.1 Å². The van der Waals surface area contributed by atoms with Gasteiger partial charge in [-0.15, -0.1) is 0 Å². The Balaban J connectivity index is 1.42. The second-order valence-electron chi connectivity index (χ2n) is 9.21. The van der Waals surface area contributed by atoms with Crippen LogP contribution < -0.4 is 0 Å². The molecule has 3 nitrogen and oxygen atoms in total. The van der Waals surface area contributed by atoms with Gasteiger partial charge in [0.05, 0.1) is 5.69 Å². The lowest BCUT2D eigenvalue weighted by atomic mass is 9.76. The number of pyridine rings is 1. The molecule has 3 heterocycles. The van der Waals surface area contributed by atoms with Gasteiger partial charge in [-0.05, 0) is 107 Å². The van der Waals surface area contributed by atoms with E-state index >= 15 is 0 Å². The Morgan fingerprint density at radius 2 is 1.79 bits per heavy atom. The van der Waals surface area contributed by atoms with Crippen molar-refractivity contribution in [3.05, 3.63) is 72.4 Å². The van der Waals surface area contributed by atoms with Gasteiger partial charge < -0.3 is 4.90 Å². The SMILES string of the molecule is O=C(C=C1CCSCC1)N1CCC([C@H]2c3ncc(Br)cc3CCc3cc(Cl)cc(Br)c32)CC1. The number of halogens is 3. The van der Waals surface area contributed by atoms with Crippen LogP contribution in [-0.4, -0.2) is 40.4 Å². The van der Waals surface area contributed by atoms with Crippen molar-refractivity contribution in [2.45, 2.75) is 44.4 Å². The molecule has 2 fully saturated rings. The predicted octanol–water partition coefficient (Wildman–Crippen LogP) is 7.18. The molecule has 2 saturated heterocycles. The van der Waals surface area contributed by atoms with Crippen molar-refractivity contribution in [1.29, 1.82) is 0 Å². The number of aromatic nitrogens is 1. The number of thioether (sulfide) groups is 1. The molecule has 2 aliphatic heterocycles. The van der Waals surface area contributed by atoms with E-state index in [1.165, 1.54) is 28.0 Å². The van der Waals surface area contributed by atoms with E-state index in [4.69, 9.17) is 16.6 Å². The van der Waals surface area contributed by atoms with E-state index in [0.29, 0.717) is 5.92 Å². The molecule has 3 aliphatic rings. The van der Waals surface area contributed by atoms with E-state index < -0.39 is 0 Å². The van der Waals surface area contributed by atoms with Gasteiger partial charge >= 0.3 is 0 Å². The number of nitrogens with zero attached hydrogens (tertiary/aromatic N) is 2. The maximum Gasteiger partial charge on any atom is 0.246 e. The fourth-order valence-corrected chi connectivity index (χ4v) is 8.04. The summed E-state index contributed by atoms with van der Waals surface area (Å²) in [5.74, 6) is 3.14. The van der Waals surface area contributed by atoms with E-state index in [0.717, 1.165) is 77.1 Å². The number of rotatable bonds is 2. The monoisotopic (exact) mass is 608 g/mol. The number of carbonyl (C=O) groups is 1. The van der Waals surface area contributed by atoms with Crippen molar-refractivity contribution >= 4 is 61.1 Å². The molecule has 5 rings (SSSR count). The van der Waals surface area contributed by atoms with Crippen LogP contribution in [0, 0.1) is 5.92 Å². The maximum absolute atomic E-state index is 12.9. The van der Waals surface area contributed by atoms with Crippen molar-refractivity contribution in [2.75, 3.05) is 24.6 Å². The number of fused-ring (bicyclic) bond motifs is 2. The van der Waals surface area contributed by atoms with Crippen molar-refractivity contribution in [3.63, 3.8) is 0 Å². The Kier molecular flexibility index (Phi) is 7.55. The normalized spacial score (nSPS) is 21.2. The summed E-state index contributed by atoms with van der Waals surface area (Å²) in [5.41, 5.74) is 6.47. The zero-order chi connectivity index (χ0) is 22.9. The van der Waals surface area contributed by atoms with Crippen LogP contribution in [0.5, 0.6) is 0 Å². The Morgan fingerprint density at radius 1 is 1.06 bits per heavy atom. The van der Waals surface area contributed by atoms with E-state index in [-0.39, 0.29) is 11.8 Å². The second kappa shape index (κ2) is 10.4. The quantitative estimate of drug-likeness (QED) is 0.338. The molecule has 0 spiro atoms. The average Bonchev–Trinajstić information content (AvgIpc) is 2.96. The first kappa shape index (κ1) is 23.9. The van der Waals surface area contributed by atoms with Crippen LogP contribution in [0.25, 0.3) is 0 Å². The number of likely N-dealkylation sites (tertiary alicyclic amines) is 1. The van der Waals surface area contributed by atoms with Gasteiger partial charge in [-0.3, -0.25) is 9.78 Å². The first-order valence-electron chi connectivity index (χ1n) is 11.7. The predicted molar refractivity (Wildman–Crippen MR) is 144 cm³/mol. The van der Waals surface area contributed by atoms with Crippen molar-refractivity contribution in [2.24, 2.45) is 5.92 Å². The highest BCUT2D eigenvalue weighted by Gasteiger charge is 2.36. The summed E-state index contributed by atoms with van der Waals surface area (Å²) in [6, 6.07) is 6.37. The van der Waals surface area contributed by atoms with Gasteiger partial charge in [0.1, 0.15) is 0 Å². The molecular formula is C26H27Br2ClN2OS. The van der Waals surface area contributed by atoms with Crippen molar-refractivity contribution in [1.82, 2.24) is 9.88 Å². The van der Waals surface area contributed by atoms with Crippen molar-refractivity contribution < 1.29 is 4.79 Å². The fraction of sp³-hybridized carbons (Fsp3) is 0.462. The molecule has 0 saturated carbocycles. The summed E-state index contributed by atoms with van der Waals surface area (Å²) in [4.78, 5) is 19.9. The number of aryl methyl sites for hydroxylation is 2. The van der Waals surface area contributed by atoms with Crippen molar-refractivity contribution in [3.8, 4) is 0 Å². The number of allylic oxidation sites excluding steroid dienone is 1. The largest absolute Gasteiger partial charge is 0.339 e. The van der Waals surface area contributed by atoms with Gasteiger partial charge in [0, 0.05) is 45.2 Å². The van der Waals surface area contributed by atoms with Gasteiger partial charge in [0.15, 0.2) is 0 Å². The Hall–Kier alpha value is -0.820. The van der Waals surface area contributed by atoms with E-state index in [9.17, 15) is 4.79 Å². The minimum atomic E-state index is 0.201. The Bertz CT molecular complexity index is 1090. The molecule has 0 N–H and O–H groups in total. The van der Waals surface area contributed by atoms with Gasteiger partial charge in [-0.25, -0.2) is 0 Å². The first-order valence-corrected chi connectivity index (χ1v) is 14.8. The van der Waals surface area contributed by atoms with E-state index in [2.05, 4.69) is 48.9 Å². The maximum atomic E-state index is 12.9. The summed E-state index contributed by atoms with van der Waals surface area (Å²) in [6.45, 7) is 1.62. The third-order valence-electron chi connectivity index (χ3n) is 7.20. The summed E-state index contributed by atoms with van der Waals surface area (Å²) in [7, 11) is 0. The van der Waals surface area contributed by atoms with Gasteiger partial charge in [0.2, 0.25) is 5.91 Å². The topological polar surface area (TPSA) is 33.2 Å². The second-order valence-corrected chi connectivity index (χ2v) is 12.6. The number of carbonyl (C=O) groups excluding carboxylic acids is 1. The van der Waals surface area contributed by atoms with E-state index in [1.807, 2.05) is 30.1 Å². The molecule has 174 valence electrons. The number of hydrogen-bond acceptors (Lipinski definition) is 3. The first-order chi connectivity index (χ1) is 16.0. The summed E-state index contributed by atoms with van der Waals surface area (Å²) in [5, 5.41) is 0.772. The summed E-state index contributed by atoms with van der Waals surface area (Å²) in [6.07, 6.45) is 9.85. The highest BCUT2D eigenvalue weighted by molar-refractivity contribution is 9.10. The zero-order valence-electron chi connectivity index (χ0n) is 18.5. The molecule has 7 heteroatoms. The van der Waals surface area contributed by atoms with Crippen LogP contribution in [0.4, 0.5) is 0 Å². The lowest BCUT2D eigenvalue weighted by Gasteiger charge is -2.37. The highest BCUT2D eigenvalue weighted by Crippen LogP contribution is 2.46. The molecule has 2 aromatic rings. The lowest BCUT2D eigenvalue weighted by Crippen LogP contribution is -2.39. The molecule has 0 radical (unpaired) electrons. The minimum Gasteiger partial charge on any atom is -0.339 e. The summed E-state index contributed by atoms with van der Waals surface area (Å²) < 4.78 is 2.10. The molecular weight excluding hydrogens is 584 g/mol. The van der Waals surface area contributed by atoms with Crippen LogP contribution in [0.15, 0.2) is 45.0 Å². The summed E-state index contributed by atoms with van der Waals surface area (Å²) >= 11 is 15.9. The third kappa shape index (κ3) is 5.24. The van der Waals surface area contributed by atoms with Crippen LogP contribution in [-0.2, 0) is 17.6 Å². The van der Waals surface area contributed by atoms with E-state index in [1.54, 1.807) is 0 Å². The third-order valence-corrected chi connectivity index (χ3v) is 9.50. The molecule has 0 unspecified atom stereocenters. The zero-order valence-corrected chi connectivity index (χ0v) is 23.2. The number of hydrogen-bond donors (Lipinski definition) is 0. The van der Waals surface area contributed by atoms with Crippen LogP contribution in [0.2, 0.25) is 5.02 Å². The smallest absolute Gasteiger partial charge is 0.246 e. The van der Waals surface area contributed by atoms with Crippen LogP contribution in [0.3, 0.4) is 0 Å². The fourth-order valence-electron chi connectivity index (χ4n) is 5.53. The molecule has 33 heavy (non-hydrogen) atoms. The molecule has 1 amide bonds. The highest BCUT2D eigenvalue weighted by atomic mass is 79.9. The van der Waals surface area contributed by atoms with Gasteiger partial charge in [0.25, 0.3) is 0 Å². The molecule has 1 aromatic carbocycles. The van der Waals surface area contributed by atoms with Crippen LogP contribution >= 0.6 is 55.2 Å². The molecule has 1 aliphatic carbocycles. The number of amides is 1. The molecule has 1 aromatic heterocycles. The Morgan fingerprint density at radius 3 is 2.55 bits per heavy atom.